The van der Waals surface area contributed by atoms with Crippen molar-refractivity contribution >= 4 is 34.0 Å². The number of phenols is 1. The number of fused-ring (bicyclic) bond motifs is 1. The molecule has 4 rings (SSSR count). The first-order valence-electron chi connectivity index (χ1n) is 8.10. The van der Waals surface area contributed by atoms with Crippen molar-refractivity contribution in [1.82, 2.24) is 15.0 Å². The van der Waals surface area contributed by atoms with Gasteiger partial charge in [-0.3, -0.25) is 0 Å². The summed E-state index contributed by atoms with van der Waals surface area (Å²) < 4.78 is 0. The van der Waals surface area contributed by atoms with E-state index in [0.29, 0.717) is 18.2 Å². The Bertz CT molecular complexity index is 1070. The predicted molar refractivity (Wildman–Crippen MR) is 103 cm³/mol. The van der Waals surface area contributed by atoms with Crippen molar-refractivity contribution in [1.29, 1.82) is 0 Å². The fourth-order valence-electron chi connectivity index (χ4n) is 2.77. The van der Waals surface area contributed by atoms with Crippen LogP contribution in [0.15, 0.2) is 66.7 Å². The Morgan fingerprint density at radius 1 is 0.885 bits per heavy atom. The maximum absolute atomic E-state index is 10.0. The van der Waals surface area contributed by atoms with Crippen molar-refractivity contribution in [2.75, 3.05) is 5.32 Å². The molecule has 0 aliphatic rings. The molecule has 2 N–H and O–H groups in total. The second-order valence-electron chi connectivity index (χ2n) is 5.84. The Morgan fingerprint density at radius 2 is 1.73 bits per heavy atom. The number of hydrogen-bond acceptors (Lipinski definition) is 5. The Kier molecular flexibility index (Phi) is 4.37. The quantitative estimate of drug-likeness (QED) is 0.549. The SMILES string of the molecule is Oc1cccc2ccc(Cc3nc(Cl)nc(Nc4ccccc4)n3)cc12. The highest BCUT2D eigenvalue weighted by Gasteiger charge is 2.08. The minimum atomic E-state index is 0.136. The lowest BCUT2D eigenvalue weighted by molar-refractivity contribution is 0.481. The van der Waals surface area contributed by atoms with Crippen LogP contribution in [0.3, 0.4) is 0 Å². The monoisotopic (exact) mass is 362 g/mol. The molecule has 0 aliphatic carbocycles. The van der Waals surface area contributed by atoms with Gasteiger partial charge in [0.25, 0.3) is 0 Å². The van der Waals surface area contributed by atoms with Crippen molar-refractivity contribution in [3.05, 3.63) is 83.4 Å². The van der Waals surface area contributed by atoms with Crippen LogP contribution in [0.5, 0.6) is 5.75 Å². The molecule has 1 heterocycles. The summed E-state index contributed by atoms with van der Waals surface area (Å²) in [7, 11) is 0. The number of halogens is 1. The Morgan fingerprint density at radius 3 is 2.58 bits per heavy atom. The molecule has 5 nitrogen and oxygen atoms in total. The van der Waals surface area contributed by atoms with E-state index in [4.69, 9.17) is 11.6 Å². The largest absolute Gasteiger partial charge is 0.507 e. The molecule has 0 bridgehead atoms. The molecule has 26 heavy (non-hydrogen) atoms. The molecule has 0 unspecified atom stereocenters. The minimum Gasteiger partial charge on any atom is -0.507 e. The number of anilines is 2. The highest BCUT2D eigenvalue weighted by molar-refractivity contribution is 6.28. The van der Waals surface area contributed by atoms with Gasteiger partial charge in [0.05, 0.1) is 0 Å². The maximum atomic E-state index is 10.0. The third-order valence-electron chi connectivity index (χ3n) is 3.97. The number of nitrogens with zero attached hydrogens (tertiary/aromatic N) is 3. The number of benzene rings is 3. The smallest absolute Gasteiger partial charge is 0.231 e. The van der Waals surface area contributed by atoms with Gasteiger partial charge in [-0.2, -0.15) is 9.97 Å². The highest BCUT2D eigenvalue weighted by atomic mass is 35.5. The molecular weight excluding hydrogens is 348 g/mol. The van der Waals surface area contributed by atoms with Gasteiger partial charge < -0.3 is 10.4 Å². The van der Waals surface area contributed by atoms with Gasteiger partial charge in [-0.15, -0.1) is 0 Å². The lowest BCUT2D eigenvalue weighted by Crippen LogP contribution is -2.04. The van der Waals surface area contributed by atoms with E-state index in [0.717, 1.165) is 22.0 Å². The molecule has 0 amide bonds. The summed E-state index contributed by atoms with van der Waals surface area (Å²) in [5, 5.41) is 15.1. The van der Waals surface area contributed by atoms with Gasteiger partial charge in [-0.25, -0.2) is 4.98 Å². The van der Waals surface area contributed by atoms with Crippen LogP contribution >= 0.6 is 11.6 Å². The first kappa shape index (κ1) is 16.3. The fraction of sp³-hybridized carbons (Fsp3) is 0.0500. The summed E-state index contributed by atoms with van der Waals surface area (Å²) in [4.78, 5) is 12.8. The summed E-state index contributed by atoms with van der Waals surface area (Å²) in [5.41, 5.74) is 1.85. The van der Waals surface area contributed by atoms with Crippen molar-refractivity contribution < 1.29 is 5.11 Å². The standard InChI is InChI=1S/C20H15ClN4O/c21-19-23-18(24-20(25-19)22-15-6-2-1-3-7-15)12-13-9-10-14-5-4-8-17(26)16(14)11-13/h1-11,26H,12H2,(H,22,23,24,25). The summed E-state index contributed by atoms with van der Waals surface area (Å²) in [6.07, 6.45) is 0.482. The minimum absolute atomic E-state index is 0.136. The number of nitrogens with one attached hydrogen (secondary N) is 1. The van der Waals surface area contributed by atoms with E-state index >= 15 is 0 Å². The first-order chi connectivity index (χ1) is 12.7. The van der Waals surface area contributed by atoms with E-state index in [1.54, 1.807) is 6.07 Å². The highest BCUT2D eigenvalue weighted by Crippen LogP contribution is 2.26. The molecule has 6 heteroatoms. The van der Waals surface area contributed by atoms with Crippen LogP contribution in [-0.2, 0) is 6.42 Å². The third-order valence-corrected chi connectivity index (χ3v) is 4.14. The van der Waals surface area contributed by atoms with Gasteiger partial charge in [0.15, 0.2) is 0 Å². The van der Waals surface area contributed by atoms with Gasteiger partial charge in [0.2, 0.25) is 11.2 Å². The second-order valence-corrected chi connectivity index (χ2v) is 6.18. The number of aromatic hydroxyl groups is 1. The van der Waals surface area contributed by atoms with Crippen LogP contribution in [-0.4, -0.2) is 20.1 Å². The Balaban J connectivity index is 1.63. The second kappa shape index (κ2) is 6.98. The van der Waals surface area contributed by atoms with Gasteiger partial charge in [0.1, 0.15) is 11.6 Å². The topological polar surface area (TPSA) is 70.9 Å². The number of phenolic OH excluding ortho intramolecular Hbond substituents is 1. The van der Waals surface area contributed by atoms with Crippen LogP contribution in [0, 0.1) is 0 Å². The number of hydrogen-bond donors (Lipinski definition) is 2. The van der Waals surface area contributed by atoms with Crippen molar-refractivity contribution in [2.24, 2.45) is 0 Å². The van der Waals surface area contributed by atoms with Crippen molar-refractivity contribution in [2.45, 2.75) is 6.42 Å². The van der Waals surface area contributed by atoms with Crippen molar-refractivity contribution in [3.63, 3.8) is 0 Å². The molecule has 0 fully saturated rings. The van der Waals surface area contributed by atoms with Crippen LogP contribution < -0.4 is 5.32 Å². The zero-order valence-corrected chi connectivity index (χ0v) is 14.5. The van der Waals surface area contributed by atoms with Gasteiger partial charge in [-0.1, -0.05) is 42.5 Å². The number of para-hydroxylation sites is 1. The molecular formula is C20H15ClN4O. The summed E-state index contributed by atoms with van der Waals surface area (Å²) >= 11 is 6.06. The van der Waals surface area contributed by atoms with E-state index in [9.17, 15) is 5.11 Å². The van der Waals surface area contributed by atoms with Crippen molar-refractivity contribution in [3.8, 4) is 5.75 Å². The first-order valence-corrected chi connectivity index (χ1v) is 8.48. The predicted octanol–water partition coefficient (Wildman–Crippen LogP) is 4.72. The van der Waals surface area contributed by atoms with Gasteiger partial charge >= 0.3 is 0 Å². The number of aromatic nitrogens is 3. The molecule has 4 aromatic rings. The molecule has 0 saturated heterocycles. The molecule has 1 aromatic heterocycles. The maximum Gasteiger partial charge on any atom is 0.231 e. The van der Waals surface area contributed by atoms with Crippen LogP contribution in [0.2, 0.25) is 5.28 Å². The molecule has 0 aliphatic heterocycles. The van der Waals surface area contributed by atoms with Gasteiger partial charge in [0, 0.05) is 17.5 Å². The molecule has 3 aromatic carbocycles. The van der Waals surface area contributed by atoms with Gasteiger partial charge in [-0.05, 0) is 46.8 Å². The van der Waals surface area contributed by atoms with E-state index in [2.05, 4.69) is 20.3 Å². The zero-order chi connectivity index (χ0) is 17.9. The summed E-state index contributed by atoms with van der Waals surface area (Å²) in [6.45, 7) is 0. The third kappa shape index (κ3) is 3.58. The number of rotatable bonds is 4. The van der Waals surface area contributed by atoms with E-state index in [1.807, 2.05) is 60.7 Å². The molecule has 0 atom stereocenters. The molecule has 0 saturated carbocycles. The average molecular weight is 363 g/mol. The van der Waals surface area contributed by atoms with E-state index in [1.165, 1.54) is 0 Å². The lowest BCUT2D eigenvalue weighted by atomic mass is 10.0. The Labute approximate surface area is 155 Å². The lowest BCUT2D eigenvalue weighted by Gasteiger charge is -2.08. The fourth-order valence-corrected chi connectivity index (χ4v) is 2.95. The van der Waals surface area contributed by atoms with E-state index in [-0.39, 0.29) is 11.0 Å². The average Bonchev–Trinajstić information content (AvgIpc) is 2.63. The summed E-state index contributed by atoms with van der Waals surface area (Å²) in [6, 6.07) is 21.0. The van der Waals surface area contributed by atoms with Crippen LogP contribution in [0.1, 0.15) is 11.4 Å². The molecule has 0 radical (unpaired) electrons. The zero-order valence-electron chi connectivity index (χ0n) is 13.7. The normalized spacial score (nSPS) is 10.8. The molecule has 128 valence electrons. The summed E-state index contributed by atoms with van der Waals surface area (Å²) in [5.74, 6) is 1.21. The van der Waals surface area contributed by atoms with Crippen LogP contribution in [0.4, 0.5) is 11.6 Å². The molecule has 0 spiro atoms. The van der Waals surface area contributed by atoms with E-state index < -0.39 is 0 Å². The van der Waals surface area contributed by atoms with Crippen LogP contribution in [0.25, 0.3) is 10.8 Å². The Hall–Kier alpha value is -3.18.